The Morgan fingerprint density at radius 3 is 1.88 bits per heavy atom. The molecular formula is C17H28BNO4S. The topological polar surface area (TPSA) is 64.6 Å². The van der Waals surface area contributed by atoms with Crippen LogP contribution in [0.25, 0.3) is 0 Å². The molecule has 0 saturated carbocycles. The lowest BCUT2D eigenvalue weighted by Crippen LogP contribution is -2.41. The van der Waals surface area contributed by atoms with Crippen molar-refractivity contribution >= 4 is 22.6 Å². The van der Waals surface area contributed by atoms with E-state index in [1.807, 2.05) is 48.5 Å². The summed E-state index contributed by atoms with van der Waals surface area (Å²) in [5, 5.41) is 0. The van der Waals surface area contributed by atoms with Gasteiger partial charge >= 0.3 is 7.12 Å². The molecule has 1 N–H and O–H groups in total. The van der Waals surface area contributed by atoms with E-state index in [9.17, 15) is 8.42 Å². The lowest BCUT2D eigenvalue weighted by molar-refractivity contribution is 0.00578. The van der Waals surface area contributed by atoms with Gasteiger partial charge in [0.25, 0.3) is 0 Å². The summed E-state index contributed by atoms with van der Waals surface area (Å²) in [4.78, 5) is 0.243. The molecule has 0 atom stereocenters. The largest absolute Gasteiger partial charge is 0.494 e. The fraction of sp³-hybridized carbons (Fsp3) is 0.647. The van der Waals surface area contributed by atoms with Gasteiger partial charge in [0.1, 0.15) is 0 Å². The van der Waals surface area contributed by atoms with Crippen molar-refractivity contribution in [3.8, 4) is 0 Å². The summed E-state index contributed by atoms with van der Waals surface area (Å²) < 4.78 is 39.3. The molecule has 1 heterocycles. The van der Waals surface area contributed by atoms with Crippen LogP contribution in [0.15, 0.2) is 29.2 Å². The second kappa shape index (κ2) is 6.13. The normalized spacial score (nSPS) is 20.4. The number of sulfonamides is 1. The zero-order chi connectivity index (χ0) is 18.4. The van der Waals surface area contributed by atoms with Gasteiger partial charge in [-0.3, -0.25) is 0 Å². The smallest absolute Gasteiger partial charge is 0.399 e. The molecule has 0 aromatic heterocycles. The van der Waals surface area contributed by atoms with Gasteiger partial charge < -0.3 is 9.31 Å². The van der Waals surface area contributed by atoms with Crippen LogP contribution in [0.1, 0.15) is 48.5 Å². The van der Waals surface area contributed by atoms with Crippen molar-refractivity contribution in [2.75, 3.05) is 6.54 Å². The number of hydrogen-bond acceptors (Lipinski definition) is 4. The first-order chi connectivity index (χ1) is 10.7. The Morgan fingerprint density at radius 1 is 1.00 bits per heavy atom. The molecule has 1 aromatic rings. The minimum Gasteiger partial charge on any atom is -0.399 e. The van der Waals surface area contributed by atoms with E-state index in [2.05, 4.69) is 4.72 Å². The van der Waals surface area contributed by atoms with Gasteiger partial charge in [-0.05, 0) is 50.7 Å². The summed E-state index contributed by atoms with van der Waals surface area (Å²) in [6, 6.07) is 6.67. The molecule has 1 aromatic carbocycles. The summed E-state index contributed by atoms with van der Waals surface area (Å²) in [5.41, 5.74) is -0.147. The van der Waals surface area contributed by atoms with E-state index in [4.69, 9.17) is 9.31 Å². The fourth-order valence-electron chi connectivity index (χ4n) is 2.18. The third kappa shape index (κ3) is 4.20. The zero-order valence-corrected chi connectivity index (χ0v) is 16.5. The van der Waals surface area contributed by atoms with Crippen molar-refractivity contribution in [2.45, 2.75) is 64.6 Å². The molecule has 0 radical (unpaired) electrons. The second-order valence-corrected chi connectivity index (χ2v) is 10.3. The Balaban J connectivity index is 2.14. The molecule has 1 fully saturated rings. The molecule has 0 amide bonds. The average Bonchev–Trinajstić information content (AvgIpc) is 2.65. The molecule has 1 aliphatic heterocycles. The lowest BCUT2D eigenvalue weighted by atomic mass is 9.79. The third-order valence-electron chi connectivity index (χ3n) is 4.51. The molecule has 2 rings (SSSR count). The number of benzene rings is 1. The highest BCUT2D eigenvalue weighted by Gasteiger charge is 2.51. The van der Waals surface area contributed by atoms with Gasteiger partial charge in [0.15, 0.2) is 0 Å². The summed E-state index contributed by atoms with van der Waals surface area (Å²) >= 11 is 0. The summed E-state index contributed by atoms with van der Waals surface area (Å²) in [5.74, 6) is 0. The predicted molar refractivity (Wildman–Crippen MR) is 96.8 cm³/mol. The molecular weight excluding hydrogens is 325 g/mol. The minimum absolute atomic E-state index is 0.115. The molecule has 134 valence electrons. The van der Waals surface area contributed by atoms with Crippen molar-refractivity contribution in [2.24, 2.45) is 5.41 Å². The summed E-state index contributed by atoms with van der Waals surface area (Å²) in [7, 11) is -4.00. The molecule has 0 aliphatic carbocycles. The monoisotopic (exact) mass is 353 g/mol. The van der Waals surface area contributed by atoms with Gasteiger partial charge in [0.2, 0.25) is 10.0 Å². The second-order valence-electron chi connectivity index (χ2n) is 8.54. The maximum Gasteiger partial charge on any atom is 0.494 e. The molecule has 1 aliphatic rings. The quantitative estimate of drug-likeness (QED) is 0.844. The van der Waals surface area contributed by atoms with Gasteiger partial charge in [0.05, 0.1) is 16.1 Å². The van der Waals surface area contributed by atoms with Crippen LogP contribution in [-0.4, -0.2) is 33.3 Å². The lowest BCUT2D eigenvalue weighted by Gasteiger charge is -2.32. The highest BCUT2D eigenvalue weighted by atomic mass is 32.2. The van der Waals surface area contributed by atoms with Gasteiger partial charge in [-0.25, -0.2) is 13.1 Å². The molecule has 0 spiro atoms. The van der Waals surface area contributed by atoms with E-state index in [0.29, 0.717) is 6.54 Å². The Hall–Kier alpha value is -0.885. The van der Waals surface area contributed by atoms with Gasteiger partial charge in [-0.15, -0.1) is 0 Å². The van der Waals surface area contributed by atoms with Crippen LogP contribution in [0.5, 0.6) is 0 Å². The Bertz CT molecular complexity index is 674. The van der Waals surface area contributed by atoms with Gasteiger partial charge in [-0.1, -0.05) is 32.9 Å². The fourth-order valence-corrected chi connectivity index (χ4v) is 3.46. The van der Waals surface area contributed by atoms with Crippen LogP contribution >= 0.6 is 0 Å². The number of nitrogens with one attached hydrogen (secondary N) is 1. The van der Waals surface area contributed by atoms with Crippen molar-refractivity contribution in [1.82, 2.24) is 4.72 Å². The van der Waals surface area contributed by atoms with Crippen LogP contribution in [0.3, 0.4) is 0 Å². The van der Waals surface area contributed by atoms with Crippen molar-refractivity contribution < 1.29 is 17.7 Å². The zero-order valence-electron chi connectivity index (χ0n) is 15.6. The van der Waals surface area contributed by atoms with Gasteiger partial charge in [-0.2, -0.15) is 0 Å². The molecule has 24 heavy (non-hydrogen) atoms. The number of hydrogen-bond donors (Lipinski definition) is 1. The van der Waals surface area contributed by atoms with Crippen LogP contribution < -0.4 is 10.2 Å². The van der Waals surface area contributed by atoms with E-state index in [1.54, 1.807) is 24.3 Å². The first-order valence-electron chi connectivity index (χ1n) is 8.19. The van der Waals surface area contributed by atoms with E-state index in [-0.39, 0.29) is 10.3 Å². The standard InChI is InChI=1S/C17H28BNO4S/c1-15(2,3)12-19-24(20,21)14-10-8-13(9-11-14)18-22-16(4,5)17(6,7)23-18/h8-11,19H,12H2,1-7H3. The molecule has 1 saturated heterocycles. The average molecular weight is 353 g/mol. The maximum atomic E-state index is 12.3. The number of rotatable bonds is 4. The van der Waals surface area contributed by atoms with Crippen LogP contribution in [0, 0.1) is 5.41 Å². The van der Waals surface area contributed by atoms with E-state index >= 15 is 0 Å². The molecule has 0 bridgehead atoms. The molecule has 5 nitrogen and oxygen atoms in total. The Kier molecular flexibility index (Phi) is 4.96. The Morgan fingerprint density at radius 2 is 1.46 bits per heavy atom. The summed E-state index contributed by atoms with van der Waals surface area (Å²) in [6.07, 6.45) is 0. The highest BCUT2D eigenvalue weighted by Crippen LogP contribution is 2.36. The first kappa shape index (κ1) is 19.4. The minimum atomic E-state index is -3.51. The van der Waals surface area contributed by atoms with E-state index < -0.39 is 28.3 Å². The van der Waals surface area contributed by atoms with Crippen LogP contribution in [0.4, 0.5) is 0 Å². The van der Waals surface area contributed by atoms with Crippen molar-refractivity contribution in [3.05, 3.63) is 24.3 Å². The third-order valence-corrected chi connectivity index (χ3v) is 5.93. The summed E-state index contributed by atoms with van der Waals surface area (Å²) in [6.45, 7) is 14.3. The maximum absolute atomic E-state index is 12.3. The predicted octanol–water partition coefficient (Wildman–Crippen LogP) is 2.31. The van der Waals surface area contributed by atoms with Crippen LogP contribution in [0.2, 0.25) is 0 Å². The van der Waals surface area contributed by atoms with Crippen molar-refractivity contribution in [1.29, 1.82) is 0 Å². The highest BCUT2D eigenvalue weighted by molar-refractivity contribution is 7.89. The van der Waals surface area contributed by atoms with E-state index in [0.717, 1.165) is 5.46 Å². The van der Waals surface area contributed by atoms with E-state index in [1.165, 1.54) is 0 Å². The van der Waals surface area contributed by atoms with Gasteiger partial charge in [0, 0.05) is 6.54 Å². The van der Waals surface area contributed by atoms with Crippen LogP contribution in [-0.2, 0) is 19.3 Å². The van der Waals surface area contributed by atoms with Crippen molar-refractivity contribution in [3.63, 3.8) is 0 Å². The molecule has 7 heteroatoms. The SMILES string of the molecule is CC(C)(C)CNS(=O)(=O)c1ccc(B2OC(C)(C)C(C)(C)O2)cc1. The molecule has 0 unspecified atom stereocenters. The Labute approximate surface area is 146 Å². The first-order valence-corrected chi connectivity index (χ1v) is 9.67.